The third kappa shape index (κ3) is 1.83. The van der Waals surface area contributed by atoms with Crippen molar-refractivity contribution >= 4 is 27.3 Å². The molecule has 0 spiro atoms. The van der Waals surface area contributed by atoms with Crippen molar-refractivity contribution in [2.45, 2.75) is 23.6 Å². The number of hydrogen-bond acceptors (Lipinski definition) is 5. The predicted octanol–water partition coefficient (Wildman–Crippen LogP) is -0.376. The number of aliphatic hydroxyl groups is 1. The minimum atomic E-state index is -4.52. The Bertz CT molecular complexity index is 449. The van der Waals surface area contributed by atoms with Crippen molar-refractivity contribution in [3.63, 3.8) is 0 Å². The molecule has 10 heteroatoms. The standard InChI is InChI=1S/C7H6BClFO6P/c8-7(10)6(1-2-9)5(4(3-11)14-7)15-17(12,13)16-6/h4-5,11H,3H2,(H,12,13)/t4-,5?,6?,7-/m1/s1. The summed E-state index contributed by atoms with van der Waals surface area (Å²) in [5, 5.41) is 10.8. The van der Waals surface area contributed by atoms with Gasteiger partial charge >= 0.3 is 7.82 Å². The van der Waals surface area contributed by atoms with Gasteiger partial charge in [-0.05, 0) is 17.5 Å². The molecule has 6 nitrogen and oxygen atoms in total. The highest BCUT2D eigenvalue weighted by Crippen LogP contribution is 2.63. The van der Waals surface area contributed by atoms with Crippen LogP contribution in [0.2, 0.25) is 0 Å². The van der Waals surface area contributed by atoms with Crippen molar-refractivity contribution in [2.75, 3.05) is 6.61 Å². The van der Waals surface area contributed by atoms with Crippen LogP contribution in [0.4, 0.5) is 4.39 Å². The van der Waals surface area contributed by atoms with Crippen LogP contribution in [0, 0.1) is 11.3 Å². The number of fused-ring (bicyclic) bond motifs is 1. The minimum Gasteiger partial charge on any atom is -0.394 e. The topological polar surface area (TPSA) is 85.2 Å². The highest BCUT2D eigenvalue weighted by atomic mass is 35.5. The molecule has 2 aliphatic heterocycles. The Hall–Kier alpha value is -0.125. The number of aliphatic hydroxyl groups excluding tert-OH is 1. The lowest BCUT2D eigenvalue weighted by molar-refractivity contribution is -0.133. The average molecular weight is 282 g/mol. The highest BCUT2D eigenvalue weighted by molar-refractivity contribution is 7.47. The first-order valence-electron chi connectivity index (χ1n) is 4.39. The van der Waals surface area contributed by atoms with Gasteiger partial charge in [-0.1, -0.05) is 0 Å². The molecule has 3 unspecified atom stereocenters. The van der Waals surface area contributed by atoms with Gasteiger partial charge in [-0.2, -0.15) is 0 Å². The normalized spacial score (nSPS) is 52.9. The van der Waals surface area contributed by atoms with E-state index in [0.29, 0.717) is 0 Å². The fourth-order valence-corrected chi connectivity index (χ4v) is 3.20. The van der Waals surface area contributed by atoms with E-state index in [1.807, 2.05) is 11.3 Å². The van der Waals surface area contributed by atoms with Crippen molar-refractivity contribution in [2.24, 2.45) is 0 Å². The van der Waals surface area contributed by atoms with E-state index < -0.39 is 38.0 Å². The summed E-state index contributed by atoms with van der Waals surface area (Å²) in [7, 11) is 0.654. The predicted molar refractivity (Wildman–Crippen MR) is 53.7 cm³/mol. The Kier molecular flexibility index (Phi) is 3.08. The van der Waals surface area contributed by atoms with Gasteiger partial charge in [0, 0.05) is 5.38 Å². The van der Waals surface area contributed by atoms with E-state index in [4.69, 9.17) is 24.6 Å². The molecule has 2 rings (SSSR count). The van der Waals surface area contributed by atoms with Gasteiger partial charge in [0.05, 0.1) is 6.61 Å². The fraction of sp³-hybridized carbons (Fsp3) is 0.714. The number of alkyl halides is 1. The van der Waals surface area contributed by atoms with Crippen LogP contribution in [0.1, 0.15) is 0 Å². The first-order chi connectivity index (χ1) is 7.78. The zero-order valence-corrected chi connectivity index (χ0v) is 9.82. The molecule has 2 radical (unpaired) electrons. The molecule has 2 aliphatic rings. The summed E-state index contributed by atoms with van der Waals surface area (Å²) in [5.74, 6) is -0.996. The molecule has 0 amide bonds. The molecule has 5 atom stereocenters. The second kappa shape index (κ2) is 3.94. The maximum atomic E-state index is 14.0. The number of hydrogen-bond donors (Lipinski definition) is 2. The Morgan fingerprint density at radius 2 is 2.29 bits per heavy atom. The molecule has 2 saturated heterocycles. The molecular formula is C7H6BClFO6P. The molecule has 0 aliphatic carbocycles. The molecule has 2 N–H and O–H groups in total. The summed E-state index contributed by atoms with van der Waals surface area (Å²) < 4.78 is 39.1. The van der Waals surface area contributed by atoms with Gasteiger partial charge < -0.3 is 14.7 Å². The maximum Gasteiger partial charge on any atom is 0.474 e. The number of phosphoric acid groups is 1. The van der Waals surface area contributed by atoms with Crippen molar-refractivity contribution in [3.8, 4) is 11.3 Å². The maximum absolute atomic E-state index is 14.0. The van der Waals surface area contributed by atoms with E-state index >= 15 is 0 Å². The quantitative estimate of drug-likeness (QED) is 0.387. The van der Waals surface area contributed by atoms with Gasteiger partial charge in [0.2, 0.25) is 11.4 Å². The zero-order valence-electron chi connectivity index (χ0n) is 8.17. The van der Waals surface area contributed by atoms with Crippen LogP contribution < -0.4 is 0 Å². The summed E-state index contributed by atoms with van der Waals surface area (Å²) in [6.45, 7) is -0.692. The van der Waals surface area contributed by atoms with Gasteiger partial charge in [-0.25, -0.2) is 8.96 Å². The Morgan fingerprint density at radius 1 is 1.65 bits per heavy atom. The third-order valence-electron chi connectivity index (χ3n) is 2.49. The Labute approximate surface area is 102 Å². The van der Waals surface area contributed by atoms with Crippen LogP contribution in [-0.4, -0.2) is 48.0 Å². The van der Waals surface area contributed by atoms with Crippen LogP contribution in [0.25, 0.3) is 0 Å². The first kappa shape index (κ1) is 13.3. The minimum absolute atomic E-state index is 0.692. The summed E-state index contributed by atoms with van der Waals surface area (Å²) in [4.78, 5) is 9.18. The van der Waals surface area contributed by atoms with Crippen molar-refractivity contribution < 1.29 is 32.7 Å². The van der Waals surface area contributed by atoms with Crippen molar-refractivity contribution in [1.82, 2.24) is 0 Å². The molecule has 17 heavy (non-hydrogen) atoms. The van der Waals surface area contributed by atoms with Gasteiger partial charge in [-0.15, -0.1) is 0 Å². The smallest absolute Gasteiger partial charge is 0.394 e. The number of ether oxygens (including phenoxy) is 1. The van der Waals surface area contributed by atoms with Crippen LogP contribution in [0.5, 0.6) is 0 Å². The fourth-order valence-electron chi connectivity index (χ4n) is 1.81. The molecule has 2 heterocycles. The van der Waals surface area contributed by atoms with Crippen LogP contribution in [-0.2, 0) is 18.3 Å². The molecule has 0 saturated carbocycles. The molecule has 0 bridgehead atoms. The zero-order chi connectivity index (χ0) is 12.9. The van der Waals surface area contributed by atoms with E-state index in [9.17, 15) is 13.8 Å². The lowest BCUT2D eigenvalue weighted by Gasteiger charge is -2.28. The van der Waals surface area contributed by atoms with Crippen molar-refractivity contribution in [3.05, 3.63) is 0 Å². The van der Waals surface area contributed by atoms with Crippen LogP contribution >= 0.6 is 19.4 Å². The van der Waals surface area contributed by atoms with Crippen molar-refractivity contribution in [1.29, 1.82) is 0 Å². The van der Waals surface area contributed by atoms with Gasteiger partial charge in [0.15, 0.2) is 7.85 Å². The SMILES string of the molecule is [B][C@]1(F)O[C@H](CO)C2OP(=O)(O)OC21C#CCl. The third-order valence-corrected chi connectivity index (χ3v) is 3.59. The molecular weight excluding hydrogens is 276 g/mol. The van der Waals surface area contributed by atoms with E-state index in [2.05, 4.69) is 13.8 Å². The summed E-state index contributed by atoms with van der Waals surface area (Å²) >= 11 is 5.15. The molecule has 0 aromatic carbocycles. The largest absolute Gasteiger partial charge is 0.474 e. The summed E-state index contributed by atoms with van der Waals surface area (Å²) in [5.41, 5.74) is -2.34. The van der Waals surface area contributed by atoms with Gasteiger partial charge in [0.25, 0.3) is 0 Å². The summed E-state index contributed by atoms with van der Waals surface area (Å²) in [6.07, 6.45) is -2.74. The van der Waals surface area contributed by atoms with Crippen LogP contribution in [0.3, 0.4) is 0 Å². The average Bonchev–Trinajstić information content (AvgIpc) is 2.57. The molecule has 0 aromatic heterocycles. The van der Waals surface area contributed by atoms with E-state index in [1.54, 1.807) is 0 Å². The van der Waals surface area contributed by atoms with E-state index in [0.717, 1.165) is 0 Å². The second-order valence-electron chi connectivity index (χ2n) is 3.52. The Morgan fingerprint density at radius 3 is 2.82 bits per heavy atom. The first-order valence-corrected chi connectivity index (χ1v) is 6.26. The second-order valence-corrected chi connectivity index (χ2v) is 5.04. The number of halogens is 2. The monoisotopic (exact) mass is 282 g/mol. The Balaban J connectivity index is 2.52. The van der Waals surface area contributed by atoms with Gasteiger partial charge in [0.1, 0.15) is 12.2 Å². The summed E-state index contributed by atoms with van der Waals surface area (Å²) in [6, 6.07) is 0. The lowest BCUT2D eigenvalue weighted by atomic mass is 9.78. The number of rotatable bonds is 1. The molecule has 0 aromatic rings. The van der Waals surface area contributed by atoms with E-state index in [-0.39, 0.29) is 0 Å². The van der Waals surface area contributed by atoms with E-state index in [1.165, 1.54) is 0 Å². The highest BCUT2D eigenvalue weighted by Gasteiger charge is 2.73. The lowest BCUT2D eigenvalue weighted by Crippen LogP contribution is -2.52. The van der Waals surface area contributed by atoms with Crippen LogP contribution in [0.15, 0.2) is 0 Å². The molecule has 2 fully saturated rings. The van der Waals surface area contributed by atoms with Gasteiger partial charge in [-0.3, -0.25) is 9.05 Å². The molecule has 92 valence electrons. The number of phosphoric ester groups is 1.